The second kappa shape index (κ2) is 4.91. The van der Waals surface area contributed by atoms with Gasteiger partial charge in [0.25, 0.3) is 0 Å². The third-order valence-electron chi connectivity index (χ3n) is 2.75. The zero-order chi connectivity index (χ0) is 9.80. The van der Waals surface area contributed by atoms with Gasteiger partial charge in [0.2, 0.25) is 0 Å². The van der Waals surface area contributed by atoms with Gasteiger partial charge in [0.05, 0.1) is 12.2 Å². The minimum Gasteiger partial charge on any atom is -0.370 e. The van der Waals surface area contributed by atoms with E-state index < -0.39 is 0 Å². The van der Waals surface area contributed by atoms with Crippen LogP contribution in [0.1, 0.15) is 37.4 Å². The van der Waals surface area contributed by atoms with E-state index in [1.807, 2.05) is 0 Å². The van der Waals surface area contributed by atoms with Crippen LogP contribution in [0.4, 0.5) is 0 Å². The molecule has 78 valence electrons. The first kappa shape index (κ1) is 10.1. The highest BCUT2D eigenvalue weighted by Gasteiger charge is 2.22. The smallest absolute Gasteiger partial charge is 0.0836 e. The Morgan fingerprint density at radius 1 is 1.50 bits per heavy atom. The Morgan fingerprint density at radius 3 is 3.14 bits per heavy atom. The first-order valence-corrected chi connectivity index (χ1v) is 6.22. The fourth-order valence-corrected chi connectivity index (χ4v) is 2.70. The highest BCUT2D eigenvalue weighted by Crippen LogP contribution is 2.32. The molecule has 0 saturated carbocycles. The molecule has 3 heteroatoms. The van der Waals surface area contributed by atoms with Crippen LogP contribution in [0.3, 0.4) is 0 Å². The lowest BCUT2D eigenvalue weighted by atomic mass is 9.99. The molecule has 0 amide bonds. The van der Waals surface area contributed by atoms with Gasteiger partial charge in [-0.25, -0.2) is 0 Å². The van der Waals surface area contributed by atoms with Gasteiger partial charge in [-0.05, 0) is 54.6 Å². The van der Waals surface area contributed by atoms with E-state index in [1.165, 1.54) is 18.4 Å². The Balaban J connectivity index is 1.94. The van der Waals surface area contributed by atoms with Crippen molar-refractivity contribution in [3.63, 3.8) is 0 Å². The van der Waals surface area contributed by atoms with Crippen molar-refractivity contribution in [3.8, 4) is 0 Å². The fraction of sp³-hybridized carbons (Fsp3) is 0.636. The maximum Gasteiger partial charge on any atom is 0.0836 e. The van der Waals surface area contributed by atoms with Gasteiger partial charge >= 0.3 is 0 Å². The standard InChI is InChI=1S/C11H17NOS/c12-6-4-10-2-1-3-11(13-10)9-5-7-14-8-9/h5,7-8,10-11H,1-4,6,12H2. The van der Waals surface area contributed by atoms with Crippen LogP contribution in [0.2, 0.25) is 0 Å². The van der Waals surface area contributed by atoms with E-state index in [0.29, 0.717) is 12.2 Å². The van der Waals surface area contributed by atoms with Crippen molar-refractivity contribution in [3.05, 3.63) is 22.4 Å². The third kappa shape index (κ3) is 2.35. The SMILES string of the molecule is NCCC1CCCC(c2ccsc2)O1. The molecule has 2 N–H and O–H groups in total. The molecular formula is C11H17NOS. The summed E-state index contributed by atoms with van der Waals surface area (Å²) < 4.78 is 6.00. The molecule has 1 aliphatic rings. The monoisotopic (exact) mass is 211 g/mol. The van der Waals surface area contributed by atoms with Crippen LogP contribution in [0.15, 0.2) is 16.8 Å². The highest BCUT2D eigenvalue weighted by molar-refractivity contribution is 7.07. The van der Waals surface area contributed by atoms with Crippen LogP contribution >= 0.6 is 11.3 Å². The normalized spacial score (nSPS) is 27.8. The largest absolute Gasteiger partial charge is 0.370 e. The summed E-state index contributed by atoms with van der Waals surface area (Å²) in [7, 11) is 0. The number of ether oxygens (including phenoxy) is 1. The second-order valence-corrected chi connectivity index (χ2v) is 4.59. The van der Waals surface area contributed by atoms with Crippen molar-refractivity contribution >= 4 is 11.3 Å². The summed E-state index contributed by atoms with van der Waals surface area (Å²) in [6.45, 7) is 0.737. The molecule has 0 aromatic carbocycles. The summed E-state index contributed by atoms with van der Waals surface area (Å²) >= 11 is 1.74. The molecular weight excluding hydrogens is 194 g/mol. The average Bonchev–Trinajstić information content (AvgIpc) is 2.71. The topological polar surface area (TPSA) is 35.2 Å². The van der Waals surface area contributed by atoms with E-state index >= 15 is 0 Å². The maximum atomic E-state index is 6.00. The van der Waals surface area contributed by atoms with Gasteiger partial charge in [0.1, 0.15) is 0 Å². The number of hydrogen-bond donors (Lipinski definition) is 1. The number of hydrogen-bond acceptors (Lipinski definition) is 3. The van der Waals surface area contributed by atoms with E-state index in [0.717, 1.165) is 19.4 Å². The quantitative estimate of drug-likeness (QED) is 0.834. The molecule has 1 saturated heterocycles. The van der Waals surface area contributed by atoms with Crippen LogP contribution in [-0.4, -0.2) is 12.6 Å². The summed E-state index contributed by atoms with van der Waals surface area (Å²) in [5.41, 5.74) is 6.89. The van der Waals surface area contributed by atoms with Gasteiger partial charge in [-0.3, -0.25) is 0 Å². The van der Waals surface area contributed by atoms with Gasteiger partial charge in [0, 0.05) is 0 Å². The first-order chi connectivity index (χ1) is 6.90. The average molecular weight is 211 g/mol. The van der Waals surface area contributed by atoms with Crippen molar-refractivity contribution in [2.45, 2.75) is 37.9 Å². The Morgan fingerprint density at radius 2 is 2.43 bits per heavy atom. The molecule has 0 spiro atoms. The molecule has 1 aromatic heterocycles. The molecule has 1 aromatic rings. The van der Waals surface area contributed by atoms with Gasteiger partial charge in [-0.1, -0.05) is 0 Å². The molecule has 2 rings (SSSR count). The molecule has 2 atom stereocenters. The van der Waals surface area contributed by atoms with E-state index in [2.05, 4.69) is 16.8 Å². The van der Waals surface area contributed by atoms with Crippen molar-refractivity contribution in [1.29, 1.82) is 0 Å². The van der Waals surface area contributed by atoms with E-state index in [9.17, 15) is 0 Å². The highest BCUT2D eigenvalue weighted by atomic mass is 32.1. The van der Waals surface area contributed by atoms with Gasteiger partial charge in [-0.15, -0.1) is 0 Å². The van der Waals surface area contributed by atoms with Crippen LogP contribution < -0.4 is 5.73 Å². The van der Waals surface area contributed by atoms with Crippen LogP contribution in [0, 0.1) is 0 Å². The summed E-state index contributed by atoms with van der Waals surface area (Å²) in [6.07, 6.45) is 5.33. The van der Waals surface area contributed by atoms with Gasteiger partial charge in [-0.2, -0.15) is 11.3 Å². The molecule has 2 heterocycles. The van der Waals surface area contributed by atoms with Crippen LogP contribution in [0.25, 0.3) is 0 Å². The lowest BCUT2D eigenvalue weighted by Crippen LogP contribution is -2.24. The van der Waals surface area contributed by atoms with Crippen LogP contribution in [0.5, 0.6) is 0 Å². The summed E-state index contributed by atoms with van der Waals surface area (Å²) in [4.78, 5) is 0. The van der Waals surface area contributed by atoms with Crippen molar-refractivity contribution in [2.24, 2.45) is 5.73 Å². The maximum absolute atomic E-state index is 6.00. The summed E-state index contributed by atoms with van der Waals surface area (Å²) in [5, 5.41) is 4.31. The Kier molecular flexibility index (Phi) is 3.56. The predicted molar refractivity (Wildman–Crippen MR) is 59.5 cm³/mol. The van der Waals surface area contributed by atoms with Gasteiger partial charge in [0.15, 0.2) is 0 Å². The lowest BCUT2D eigenvalue weighted by molar-refractivity contribution is -0.0534. The number of rotatable bonds is 3. The van der Waals surface area contributed by atoms with Crippen molar-refractivity contribution in [1.82, 2.24) is 0 Å². The van der Waals surface area contributed by atoms with Crippen LogP contribution in [-0.2, 0) is 4.74 Å². The zero-order valence-corrected chi connectivity index (χ0v) is 9.13. The summed E-state index contributed by atoms with van der Waals surface area (Å²) in [6, 6.07) is 2.17. The molecule has 1 fully saturated rings. The van der Waals surface area contributed by atoms with Gasteiger partial charge < -0.3 is 10.5 Å². The first-order valence-electron chi connectivity index (χ1n) is 5.28. The lowest BCUT2D eigenvalue weighted by Gasteiger charge is -2.29. The fourth-order valence-electron chi connectivity index (χ4n) is 2.00. The molecule has 1 aliphatic heterocycles. The molecule has 0 radical (unpaired) electrons. The Bertz CT molecular complexity index is 258. The Labute approximate surface area is 89.1 Å². The van der Waals surface area contributed by atoms with Crippen molar-refractivity contribution in [2.75, 3.05) is 6.54 Å². The molecule has 2 nitrogen and oxygen atoms in total. The Hall–Kier alpha value is -0.380. The second-order valence-electron chi connectivity index (χ2n) is 3.81. The third-order valence-corrected chi connectivity index (χ3v) is 3.45. The zero-order valence-electron chi connectivity index (χ0n) is 8.32. The van der Waals surface area contributed by atoms with E-state index in [-0.39, 0.29) is 0 Å². The molecule has 14 heavy (non-hydrogen) atoms. The number of nitrogens with two attached hydrogens (primary N) is 1. The minimum atomic E-state index is 0.326. The van der Waals surface area contributed by atoms with Crippen molar-refractivity contribution < 1.29 is 4.74 Å². The predicted octanol–water partition coefficient (Wildman–Crippen LogP) is 2.71. The molecule has 0 aliphatic carbocycles. The summed E-state index contributed by atoms with van der Waals surface area (Å²) in [5.74, 6) is 0. The number of thiophene rings is 1. The molecule has 2 unspecified atom stereocenters. The minimum absolute atomic E-state index is 0.326. The van der Waals surface area contributed by atoms with E-state index in [1.54, 1.807) is 11.3 Å². The molecule has 0 bridgehead atoms. The van der Waals surface area contributed by atoms with E-state index in [4.69, 9.17) is 10.5 Å².